The van der Waals surface area contributed by atoms with E-state index in [1.165, 1.54) is 0 Å². The Kier molecular flexibility index (Phi) is 7.07. The van der Waals surface area contributed by atoms with E-state index in [2.05, 4.69) is 30.6 Å². The summed E-state index contributed by atoms with van der Waals surface area (Å²) in [5.74, 6) is 1.89. The molecular formula is C21H27N7OS. The molecule has 1 aromatic carbocycles. The number of rotatable bonds is 8. The molecule has 3 rings (SSSR count). The Labute approximate surface area is 181 Å². The van der Waals surface area contributed by atoms with E-state index in [0.717, 1.165) is 27.8 Å². The number of hydrogen-bond acceptors (Lipinski definition) is 9. The van der Waals surface area contributed by atoms with E-state index in [4.69, 9.17) is 0 Å². The van der Waals surface area contributed by atoms with Gasteiger partial charge < -0.3 is 20.6 Å². The van der Waals surface area contributed by atoms with Gasteiger partial charge in [-0.1, -0.05) is 6.92 Å². The fraction of sp³-hybridized carbons (Fsp3) is 0.333. The molecule has 8 nitrogen and oxygen atoms in total. The van der Waals surface area contributed by atoms with Crippen LogP contribution in [0.1, 0.15) is 19.4 Å². The SMILES string of the molecule is Cc1cnc(Nc2ccc(Nc3nccc(N(C)C)n3)cc2)nc1S[C@H](C)[C@@H](C)O. The molecule has 0 amide bonds. The number of aliphatic hydroxyl groups is 1. The predicted octanol–water partition coefficient (Wildman–Crippen LogP) is 3.99. The van der Waals surface area contributed by atoms with Gasteiger partial charge in [-0.3, -0.25) is 0 Å². The number of benzene rings is 1. The maximum Gasteiger partial charge on any atom is 0.229 e. The van der Waals surface area contributed by atoms with E-state index in [0.29, 0.717) is 11.9 Å². The molecule has 2 heterocycles. The van der Waals surface area contributed by atoms with Crippen molar-refractivity contribution in [2.45, 2.75) is 37.2 Å². The Morgan fingerprint density at radius 1 is 0.933 bits per heavy atom. The Morgan fingerprint density at radius 2 is 1.53 bits per heavy atom. The second-order valence-corrected chi connectivity index (χ2v) is 8.57. The summed E-state index contributed by atoms with van der Waals surface area (Å²) < 4.78 is 0. The number of nitrogens with zero attached hydrogens (tertiary/aromatic N) is 5. The van der Waals surface area contributed by atoms with Gasteiger partial charge in [0.05, 0.1) is 6.10 Å². The van der Waals surface area contributed by atoms with Gasteiger partial charge in [0.2, 0.25) is 11.9 Å². The van der Waals surface area contributed by atoms with Crippen molar-refractivity contribution in [1.29, 1.82) is 0 Å². The number of aryl methyl sites for hydroxylation is 1. The van der Waals surface area contributed by atoms with E-state index in [1.807, 2.05) is 63.2 Å². The summed E-state index contributed by atoms with van der Waals surface area (Å²) >= 11 is 1.54. The van der Waals surface area contributed by atoms with Crippen LogP contribution < -0.4 is 15.5 Å². The summed E-state index contributed by atoms with van der Waals surface area (Å²) in [6.07, 6.45) is 3.10. The highest BCUT2D eigenvalue weighted by molar-refractivity contribution is 7.99. The quantitative estimate of drug-likeness (QED) is 0.365. The molecule has 2 aromatic heterocycles. The van der Waals surface area contributed by atoms with Gasteiger partial charge >= 0.3 is 0 Å². The summed E-state index contributed by atoms with van der Waals surface area (Å²) in [7, 11) is 3.88. The van der Waals surface area contributed by atoms with Gasteiger partial charge in [-0.2, -0.15) is 4.98 Å². The van der Waals surface area contributed by atoms with E-state index >= 15 is 0 Å². The molecule has 30 heavy (non-hydrogen) atoms. The normalized spacial score (nSPS) is 12.9. The van der Waals surface area contributed by atoms with Crippen LogP contribution in [0.2, 0.25) is 0 Å². The maximum absolute atomic E-state index is 9.75. The van der Waals surface area contributed by atoms with Gasteiger partial charge in [0, 0.05) is 43.1 Å². The lowest BCUT2D eigenvalue weighted by atomic mass is 10.3. The van der Waals surface area contributed by atoms with Crippen molar-refractivity contribution in [3.05, 3.63) is 48.3 Å². The number of aromatic nitrogens is 4. The van der Waals surface area contributed by atoms with Crippen molar-refractivity contribution >= 4 is 40.9 Å². The standard InChI is InChI=1S/C21H27N7OS/c1-13-12-23-21(27-19(13)30-15(3)14(2)29)25-17-8-6-16(7-9-17)24-20-22-11-10-18(26-20)28(4)5/h6-12,14-15,29H,1-5H3,(H,22,24,26)(H,23,25,27)/t14-,15-/m1/s1. The van der Waals surface area contributed by atoms with E-state index < -0.39 is 6.10 Å². The maximum atomic E-state index is 9.75. The molecular weight excluding hydrogens is 398 g/mol. The predicted molar refractivity (Wildman–Crippen MR) is 123 cm³/mol. The van der Waals surface area contributed by atoms with Crippen LogP contribution in [-0.2, 0) is 0 Å². The van der Waals surface area contributed by atoms with E-state index in [-0.39, 0.29) is 5.25 Å². The number of hydrogen-bond donors (Lipinski definition) is 3. The van der Waals surface area contributed by atoms with Gasteiger partial charge in [-0.15, -0.1) is 11.8 Å². The first-order chi connectivity index (χ1) is 14.3. The highest BCUT2D eigenvalue weighted by Gasteiger charge is 2.14. The number of aliphatic hydroxyl groups excluding tert-OH is 1. The van der Waals surface area contributed by atoms with E-state index in [9.17, 15) is 5.11 Å². The minimum atomic E-state index is -0.414. The molecule has 3 aromatic rings. The summed E-state index contributed by atoms with van der Waals surface area (Å²) in [6, 6.07) is 9.61. The lowest BCUT2D eigenvalue weighted by molar-refractivity contribution is 0.196. The lowest BCUT2D eigenvalue weighted by Gasteiger charge is -2.15. The Bertz CT molecular complexity index is 979. The molecule has 2 atom stereocenters. The zero-order valence-electron chi connectivity index (χ0n) is 17.8. The third-order valence-electron chi connectivity index (χ3n) is 4.40. The molecule has 0 bridgehead atoms. The Morgan fingerprint density at radius 3 is 2.10 bits per heavy atom. The van der Waals surface area contributed by atoms with Gasteiger partial charge in [-0.05, 0) is 49.7 Å². The molecule has 0 saturated carbocycles. The fourth-order valence-electron chi connectivity index (χ4n) is 2.43. The largest absolute Gasteiger partial charge is 0.392 e. The Hall–Kier alpha value is -2.91. The van der Waals surface area contributed by atoms with Crippen LogP contribution in [0.15, 0.2) is 47.8 Å². The van der Waals surface area contributed by atoms with Gasteiger partial charge in [0.15, 0.2) is 0 Å². The minimum Gasteiger partial charge on any atom is -0.392 e. The summed E-state index contributed by atoms with van der Waals surface area (Å²) in [5, 5.41) is 17.1. The third-order valence-corrected chi connectivity index (χ3v) is 5.80. The zero-order valence-corrected chi connectivity index (χ0v) is 18.6. The van der Waals surface area contributed by atoms with Crippen LogP contribution in [-0.4, -0.2) is 50.5 Å². The van der Waals surface area contributed by atoms with Gasteiger partial charge in [0.25, 0.3) is 0 Å². The summed E-state index contributed by atoms with van der Waals surface area (Å²) in [6.45, 7) is 5.73. The Balaban J connectivity index is 1.68. The van der Waals surface area contributed by atoms with Crippen LogP contribution in [0.4, 0.5) is 29.1 Å². The molecule has 0 aliphatic rings. The minimum absolute atomic E-state index is 0.0463. The lowest BCUT2D eigenvalue weighted by Crippen LogP contribution is -2.15. The van der Waals surface area contributed by atoms with Crippen molar-refractivity contribution < 1.29 is 5.11 Å². The molecule has 0 radical (unpaired) electrons. The monoisotopic (exact) mass is 425 g/mol. The number of nitrogens with one attached hydrogen (secondary N) is 2. The first kappa shape index (κ1) is 21.8. The van der Waals surface area contributed by atoms with Crippen molar-refractivity contribution in [3.8, 4) is 0 Å². The molecule has 0 saturated heterocycles. The number of anilines is 5. The molecule has 0 spiro atoms. The second kappa shape index (κ2) is 9.73. The molecule has 3 N–H and O–H groups in total. The number of thioether (sulfide) groups is 1. The van der Waals surface area contributed by atoms with Crippen molar-refractivity contribution in [2.75, 3.05) is 29.6 Å². The summed E-state index contributed by atoms with van der Waals surface area (Å²) in [5.41, 5.74) is 2.73. The zero-order chi connectivity index (χ0) is 21.7. The topological polar surface area (TPSA) is 99.1 Å². The van der Waals surface area contributed by atoms with Crippen molar-refractivity contribution in [2.24, 2.45) is 0 Å². The smallest absolute Gasteiger partial charge is 0.229 e. The average molecular weight is 426 g/mol. The molecule has 0 unspecified atom stereocenters. The van der Waals surface area contributed by atoms with Gasteiger partial charge in [0.1, 0.15) is 10.8 Å². The molecule has 158 valence electrons. The highest BCUT2D eigenvalue weighted by Crippen LogP contribution is 2.28. The van der Waals surface area contributed by atoms with Crippen LogP contribution in [0.3, 0.4) is 0 Å². The molecule has 0 fully saturated rings. The molecule has 9 heteroatoms. The summed E-state index contributed by atoms with van der Waals surface area (Å²) in [4.78, 5) is 19.6. The van der Waals surface area contributed by atoms with Crippen LogP contribution in [0, 0.1) is 6.92 Å². The highest BCUT2D eigenvalue weighted by atomic mass is 32.2. The molecule has 0 aliphatic heterocycles. The van der Waals surface area contributed by atoms with Crippen LogP contribution in [0.5, 0.6) is 0 Å². The first-order valence-electron chi connectivity index (χ1n) is 9.64. The third kappa shape index (κ3) is 5.80. The molecule has 0 aliphatic carbocycles. The first-order valence-corrected chi connectivity index (χ1v) is 10.5. The second-order valence-electron chi connectivity index (χ2n) is 7.21. The van der Waals surface area contributed by atoms with Gasteiger partial charge in [-0.25, -0.2) is 15.0 Å². The fourth-order valence-corrected chi connectivity index (χ4v) is 3.36. The van der Waals surface area contributed by atoms with Crippen LogP contribution >= 0.6 is 11.8 Å². The average Bonchev–Trinajstić information content (AvgIpc) is 2.72. The van der Waals surface area contributed by atoms with E-state index in [1.54, 1.807) is 31.1 Å². The van der Waals surface area contributed by atoms with Crippen molar-refractivity contribution in [3.63, 3.8) is 0 Å². The van der Waals surface area contributed by atoms with Crippen molar-refractivity contribution in [1.82, 2.24) is 19.9 Å². The van der Waals surface area contributed by atoms with Crippen LogP contribution in [0.25, 0.3) is 0 Å².